The third kappa shape index (κ3) is 3.67. The predicted molar refractivity (Wildman–Crippen MR) is 86.2 cm³/mol. The maximum atomic E-state index is 9.60. The van der Waals surface area contributed by atoms with Crippen LogP contribution in [-0.4, -0.2) is 24.4 Å². The first-order valence-corrected chi connectivity index (χ1v) is 7.85. The van der Waals surface area contributed by atoms with Crippen LogP contribution in [0.25, 0.3) is 0 Å². The van der Waals surface area contributed by atoms with Gasteiger partial charge in [-0.15, -0.1) is 0 Å². The molecule has 3 rings (SSSR count). The Hall–Kier alpha value is -1.84. The summed E-state index contributed by atoms with van der Waals surface area (Å²) in [6, 6.07) is 16.7. The van der Waals surface area contributed by atoms with Crippen molar-refractivity contribution in [1.29, 1.82) is 0 Å². The molecule has 0 bridgehead atoms. The van der Waals surface area contributed by atoms with Gasteiger partial charge in [-0.3, -0.25) is 0 Å². The van der Waals surface area contributed by atoms with E-state index in [-0.39, 0.29) is 12.2 Å². The van der Waals surface area contributed by atoms with Crippen LogP contribution in [0.4, 0.5) is 0 Å². The van der Waals surface area contributed by atoms with Crippen molar-refractivity contribution in [2.45, 2.75) is 32.0 Å². The van der Waals surface area contributed by atoms with Gasteiger partial charge in [-0.25, -0.2) is 0 Å². The summed E-state index contributed by atoms with van der Waals surface area (Å²) in [6.45, 7) is 3.11. The summed E-state index contributed by atoms with van der Waals surface area (Å²) in [7, 11) is 0. The zero-order chi connectivity index (χ0) is 15.4. The first kappa shape index (κ1) is 15.1. The summed E-state index contributed by atoms with van der Waals surface area (Å²) in [6.07, 6.45) is 1.26. The minimum atomic E-state index is -0.334. The number of hydrogen-bond acceptors (Lipinski definition) is 3. The Morgan fingerprint density at radius 3 is 2.64 bits per heavy atom. The predicted octanol–water partition coefficient (Wildman–Crippen LogP) is 3.50. The lowest BCUT2D eigenvalue weighted by atomic mass is 9.99. The van der Waals surface area contributed by atoms with Crippen molar-refractivity contribution in [3.8, 4) is 5.75 Å². The molecule has 2 aromatic carbocycles. The molecule has 1 fully saturated rings. The minimum absolute atomic E-state index is 0.0234. The van der Waals surface area contributed by atoms with E-state index in [0.29, 0.717) is 19.6 Å². The fraction of sp³-hybridized carbons (Fsp3) is 0.368. The second-order valence-electron chi connectivity index (χ2n) is 5.71. The molecule has 1 aliphatic rings. The Morgan fingerprint density at radius 2 is 1.95 bits per heavy atom. The maximum absolute atomic E-state index is 9.60. The van der Waals surface area contributed by atoms with Gasteiger partial charge >= 0.3 is 0 Å². The molecular weight excluding hydrogens is 276 g/mol. The van der Waals surface area contributed by atoms with Crippen LogP contribution in [0, 0.1) is 0 Å². The lowest BCUT2D eigenvalue weighted by Gasteiger charge is -2.11. The van der Waals surface area contributed by atoms with Gasteiger partial charge in [0.05, 0.1) is 25.4 Å². The van der Waals surface area contributed by atoms with E-state index in [2.05, 4.69) is 36.4 Å². The number of benzene rings is 2. The average Bonchev–Trinajstić information content (AvgIpc) is 2.97. The van der Waals surface area contributed by atoms with Gasteiger partial charge in [0.15, 0.2) is 0 Å². The van der Waals surface area contributed by atoms with Crippen molar-refractivity contribution in [3.63, 3.8) is 0 Å². The van der Waals surface area contributed by atoms with Gasteiger partial charge in [0.1, 0.15) is 5.75 Å². The van der Waals surface area contributed by atoms with Crippen molar-refractivity contribution >= 4 is 0 Å². The molecule has 3 heteroatoms. The number of aliphatic hydroxyl groups is 1. The molecule has 0 aromatic heterocycles. The van der Waals surface area contributed by atoms with Crippen LogP contribution >= 0.6 is 0 Å². The van der Waals surface area contributed by atoms with E-state index in [4.69, 9.17) is 9.47 Å². The summed E-state index contributed by atoms with van der Waals surface area (Å²) in [5.41, 5.74) is 3.67. The molecular formula is C19H22O3. The zero-order valence-electron chi connectivity index (χ0n) is 12.9. The second-order valence-corrected chi connectivity index (χ2v) is 5.71. The van der Waals surface area contributed by atoms with Crippen molar-refractivity contribution in [3.05, 3.63) is 65.2 Å². The van der Waals surface area contributed by atoms with Gasteiger partial charge in [-0.05, 0) is 42.2 Å². The van der Waals surface area contributed by atoms with Crippen molar-refractivity contribution in [2.24, 2.45) is 0 Å². The molecule has 0 saturated carbocycles. The number of aliphatic hydroxyl groups excluding tert-OH is 1. The van der Waals surface area contributed by atoms with Crippen LogP contribution in [0.2, 0.25) is 0 Å². The first-order chi connectivity index (χ1) is 10.7. The van der Waals surface area contributed by atoms with Gasteiger partial charge in [0.2, 0.25) is 0 Å². The summed E-state index contributed by atoms with van der Waals surface area (Å²) in [5.74, 6) is 0.911. The summed E-state index contributed by atoms with van der Waals surface area (Å²) in [5, 5.41) is 9.60. The van der Waals surface area contributed by atoms with E-state index in [1.165, 1.54) is 11.1 Å². The van der Waals surface area contributed by atoms with Crippen LogP contribution in [0.1, 0.15) is 36.1 Å². The van der Waals surface area contributed by atoms with Gasteiger partial charge < -0.3 is 14.6 Å². The molecule has 0 aliphatic carbocycles. The molecule has 1 heterocycles. The van der Waals surface area contributed by atoms with Gasteiger partial charge in [0.25, 0.3) is 0 Å². The molecule has 0 amide bonds. The van der Waals surface area contributed by atoms with Gasteiger partial charge in [0, 0.05) is 6.42 Å². The molecule has 2 aromatic rings. The minimum Gasteiger partial charge on any atom is -0.494 e. The zero-order valence-corrected chi connectivity index (χ0v) is 12.9. The van der Waals surface area contributed by atoms with Crippen molar-refractivity contribution < 1.29 is 14.6 Å². The average molecular weight is 298 g/mol. The lowest BCUT2D eigenvalue weighted by Crippen LogP contribution is -2.03. The Morgan fingerprint density at radius 1 is 1.14 bits per heavy atom. The third-order valence-corrected chi connectivity index (χ3v) is 3.94. The summed E-state index contributed by atoms with van der Waals surface area (Å²) >= 11 is 0. The van der Waals surface area contributed by atoms with Crippen LogP contribution in [0.5, 0.6) is 5.75 Å². The van der Waals surface area contributed by atoms with Crippen LogP contribution in [0.15, 0.2) is 48.5 Å². The van der Waals surface area contributed by atoms with Gasteiger partial charge in [-0.2, -0.15) is 0 Å². The summed E-state index contributed by atoms with van der Waals surface area (Å²) < 4.78 is 11.1. The van der Waals surface area contributed by atoms with Crippen LogP contribution < -0.4 is 4.74 Å². The molecule has 2 atom stereocenters. The van der Waals surface area contributed by atoms with Crippen LogP contribution in [-0.2, 0) is 11.2 Å². The van der Waals surface area contributed by atoms with E-state index < -0.39 is 0 Å². The standard InChI is InChI=1S/C19H22O3/c1-2-21-18-8-6-14(7-9-18)10-15-4-3-5-16(11-15)19-12-17(20)13-22-19/h3-9,11,17,19-20H,2,10,12-13H2,1H3. The fourth-order valence-electron chi connectivity index (χ4n) is 2.85. The Balaban J connectivity index is 1.69. The molecule has 22 heavy (non-hydrogen) atoms. The smallest absolute Gasteiger partial charge is 0.119 e. The highest BCUT2D eigenvalue weighted by atomic mass is 16.5. The monoisotopic (exact) mass is 298 g/mol. The Labute approximate surface area is 131 Å². The molecule has 0 radical (unpaired) electrons. The number of hydrogen-bond donors (Lipinski definition) is 1. The van der Waals surface area contributed by atoms with E-state index in [0.717, 1.165) is 17.7 Å². The van der Waals surface area contributed by atoms with Crippen LogP contribution in [0.3, 0.4) is 0 Å². The van der Waals surface area contributed by atoms with Crippen molar-refractivity contribution in [2.75, 3.05) is 13.2 Å². The number of ether oxygens (including phenoxy) is 2. The Kier molecular flexibility index (Phi) is 4.76. The summed E-state index contributed by atoms with van der Waals surface area (Å²) in [4.78, 5) is 0. The highest BCUT2D eigenvalue weighted by molar-refractivity contribution is 5.33. The quantitative estimate of drug-likeness (QED) is 0.918. The fourth-order valence-corrected chi connectivity index (χ4v) is 2.85. The number of rotatable bonds is 5. The van der Waals surface area contributed by atoms with E-state index in [1.807, 2.05) is 19.1 Å². The molecule has 3 nitrogen and oxygen atoms in total. The normalized spacial score (nSPS) is 21.0. The molecule has 1 aliphatic heterocycles. The van der Waals surface area contributed by atoms with Gasteiger partial charge in [-0.1, -0.05) is 36.4 Å². The van der Waals surface area contributed by atoms with E-state index >= 15 is 0 Å². The topological polar surface area (TPSA) is 38.7 Å². The molecule has 116 valence electrons. The SMILES string of the molecule is CCOc1ccc(Cc2cccc(C3CC(O)CO3)c2)cc1. The highest BCUT2D eigenvalue weighted by Crippen LogP contribution is 2.29. The second kappa shape index (κ2) is 6.95. The molecule has 2 unspecified atom stereocenters. The molecule has 1 N–H and O–H groups in total. The third-order valence-electron chi connectivity index (χ3n) is 3.94. The molecule has 1 saturated heterocycles. The molecule has 0 spiro atoms. The van der Waals surface area contributed by atoms with E-state index in [1.54, 1.807) is 0 Å². The Bertz CT molecular complexity index is 606. The van der Waals surface area contributed by atoms with E-state index in [9.17, 15) is 5.11 Å². The highest BCUT2D eigenvalue weighted by Gasteiger charge is 2.24. The maximum Gasteiger partial charge on any atom is 0.119 e. The van der Waals surface area contributed by atoms with Crippen molar-refractivity contribution in [1.82, 2.24) is 0 Å². The largest absolute Gasteiger partial charge is 0.494 e. The first-order valence-electron chi connectivity index (χ1n) is 7.85. The lowest BCUT2D eigenvalue weighted by molar-refractivity contribution is 0.0888.